The van der Waals surface area contributed by atoms with Crippen LogP contribution in [0.15, 0.2) is 42.5 Å². The fourth-order valence-electron chi connectivity index (χ4n) is 2.70. The highest BCUT2D eigenvalue weighted by Crippen LogP contribution is 2.34. The van der Waals surface area contributed by atoms with Crippen LogP contribution in [0.25, 0.3) is 11.3 Å². The standard InChI is InChI=1S/C20H20N2O4S/c1-12-17(13-8-10-14(24-2)11-9-13)21-20(27-12)22-19(23)15-6-5-7-16(25-3)18(15)26-4/h5-11H,1-4H3,(H,21,22,23). The quantitative estimate of drug-likeness (QED) is 0.682. The molecule has 27 heavy (non-hydrogen) atoms. The van der Waals surface area contributed by atoms with E-state index in [1.807, 2.05) is 31.2 Å². The highest BCUT2D eigenvalue weighted by Gasteiger charge is 2.18. The lowest BCUT2D eigenvalue weighted by Crippen LogP contribution is -2.13. The van der Waals surface area contributed by atoms with Crippen LogP contribution in [0.1, 0.15) is 15.2 Å². The number of carbonyl (C=O) groups excluding carboxylic acids is 1. The molecule has 3 rings (SSSR count). The lowest BCUT2D eigenvalue weighted by atomic mass is 10.1. The summed E-state index contributed by atoms with van der Waals surface area (Å²) in [5.74, 6) is 1.37. The van der Waals surface area contributed by atoms with E-state index in [4.69, 9.17) is 14.2 Å². The number of hydrogen-bond acceptors (Lipinski definition) is 6. The molecule has 0 radical (unpaired) electrons. The summed E-state index contributed by atoms with van der Waals surface area (Å²) in [5, 5.41) is 3.37. The zero-order valence-corrected chi connectivity index (χ0v) is 16.3. The summed E-state index contributed by atoms with van der Waals surface area (Å²) in [6.45, 7) is 1.97. The van der Waals surface area contributed by atoms with E-state index in [1.54, 1.807) is 25.3 Å². The smallest absolute Gasteiger partial charge is 0.261 e. The molecule has 0 atom stereocenters. The van der Waals surface area contributed by atoms with Gasteiger partial charge in [0.2, 0.25) is 0 Å². The molecule has 0 unspecified atom stereocenters. The molecular formula is C20H20N2O4S. The van der Waals surface area contributed by atoms with E-state index in [0.717, 1.165) is 21.9 Å². The molecule has 1 amide bonds. The number of para-hydroxylation sites is 1. The number of amides is 1. The number of benzene rings is 2. The highest BCUT2D eigenvalue weighted by atomic mass is 32.1. The molecule has 1 aromatic heterocycles. The zero-order chi connectivity index (χ0) is 19.4. The Morgan fingerprint density at radius 3 is 2.37 bits per heavy atom. The Balaban J connectivity index is 1.85. The SMILES string of the molecule is COc1ccc(-c2nc(NC(=O)c3cccc(OC)c3OC)sc2C)cc1. The van der Waals surface area contributed by atoms with Crippen molar-refractivity contribution in [3.63, 3.8) is 0 Å². The van der Waals surface area contributed by atoms with E-state index in [1.165, 1.54) is 25.6 Å². The number of aromatic nitrogens is 1. The Labute approximate surface area is 161 Å². The summed E-state index contributed by atoms with van der Waals surface area (Å²) < 4.78 is 15.8. The van der Waals surface area contributed by atoms with Crippen molar-refractivity contribution in [3.05, 3.63) is 52.9 Å². The molecule has 1 heterocycles. The minimum absolute atomic E-state index is 0.305. The van der Waals surface area contributed by atoms with Gasteiger partial charge in [-0.15, -0.1) is 11.3 Å². The number of aryl methyl sites for hydroxylation is 1. The van der Waals surface area contributed by atoms with Crippen LogP contribution in [-0.2, 0) is 0 Å². The number of rotatable bonds is 6. The van der Waals surface area contributed by atoms with E-state index < -0.39 is 0 Å². The van der Waals surface area contributed by atoms with Crippen LogP contribution in [-0.4, -0.2) is 32.2 Å². The molecule has 0 aliphatic rings. The largest absolute Gasteiger partial charge is 0.497 e. The molecule has 6 nitrogen and oxygen atoms in total. The van der Waals surface area contributed by atoms with Crippen molar-refractivity contribution in [2.45, 2.75) is 6.92 Å². The molecule has 1 N–H and O–H groups in total. The summed E-state index contributed by atoms with van der Waals surface area (Å²) in [4.78, 5) is 18.3. The maximum Gasteiger partial charge on any atom is 0.261 e. The van der Waals surface area contributed by atoms with Gasteiger partial charge in [0.15, 0.2) is 16.6 Å². The van der Waals surface area contributed by atoms with Gasteiger partial charge >= 0.3 is 0 Å². The van der Waals surface area contributed by atoms with E-state index >= 15 is 0 Å². The van der Waals surface area contributed by atoms with Crippen molar-refractivity contribution in [1.29, 1.82) is 0 Å². The normalized spacial score (nSPS) is 10.4. The van der Waals surface area contributed by atoms with Gasteiger partial charge in [0.05, 0.1) is 32.6 Å². The highest BCUT2D eigenvalue weighted by molar-refractivity contribution is 7.16. The van der Waals surface area contributed by atoms with E-state index in [9.17, 15) is 4.79 Å². The van der Waals surface area contributed by atoms with Crippen molar-refractivity contribution in [1.82, 2.24) is 4.98 Å². The molecule has 7 heteroatoms. The van der Waals surface area contributed by atoms with Crippen LogP contribution in [0.3, 0.4) is 0 Å². The van der Waals surface area contributed by atoms with Crippen LogP contribution >= 0.6 is 11.3 Å². The Morgan fingerprint density at radius 2 is 1.74 bits per heavy atom. The molecule has 140 valence electrons. The molecule has 0 saturated heterocycles. The monoisotopic (exact) mass is 384 g/mol. The number of hydrogen-bond donors (Lipinski definition) is 1. The number of nitrogens with one attached hydrogen (secondary N) is 1. The molecule has 0 aliphatic carbocycles. The second kappa shape index (κ2) is 8.09. The number of anilines is 1. The fourth-order valence-corrected chi connectivity index (χ4v) is 3.53. The third-order valence-electron chi connectivity index (χ3n) is 4.03. The van der Waals surface area contributed by atoms with Crippen LogP contribution in [0.2, 0.25) is 0 Å². The predicted molar refractivity (Wildman–Crippen MR) is 106 cm³/mol. The summed E-state index contributed by atoms with van der Waals surface area (Å²) in [6, 6.07) is 12.8. The first-order valence-corrected chi connectivity index (χ1v) is 9.03. The third-order valence-corrected chi connectivity index (χ3v) is 4.91. The van der Waals surface area contributed by atoms with Crippen molar-refractivity contribution in [2.75, 3.05) is 26.6 Å². The molecule has 0 spiro atoms. The van der Waals surface area contributed by atoms with Gasteiger partial charge in [0.1, 0.15) is 5.75 Å². The topological polar surface area (TPSA) is 69.7 Å². The van der Waals surface area contributed by atoms with Gasteiger partial charge < -0.3 is 14.2 Å². The Hall–Kier alpha value is -3.06. The fraction of sp³-hybridized carbons (Fsp3) is 0.200. The van der Waals surface area contributed by atoms with E-state index in [0.29, 0.717) is 22.2 Å². The molecule has 2 aromatic carbocycles. The van der Waals surface area contributed by atoms with E-state index in [-0.39, 0.29) is 5.91 Å². The summed E-state index contributed by atoms with van der Waals surface area (Å²) in [7, 11) is 4.67. The lowest BCUT2D eigenvalue weighted by molar-refractivity contribution is 0.102. The maximum atomic E-state index is 12.7. The van der Waals surface area contributed by atoms with E-state index in [2.05, 4.69) is 10.3 Å². The van der Waals surface area contributed by atoms with Gasteiger partial charge in [-0.1, -0.05) is 6.07 Å². The Kier molecular flexibility index (Phi) is 5.61. The van der Waals surface area contributed by atoms with Crippen LogP contribution in [0, 0.1) is 6.92 Å². The Morgan fingerprint density at radius 1 is 1.00 bits per heavy atom. The van der Waals surface area contributed by atoms with Crippen molar-refractivity contribution in [2.24, 2.45) is 0 Å². The first-order chi connectivity index (χ1) is 13.1. The van der Waals surface area contributed by atoms with Gasteiger partial charge in [-0.3, -0.25) is 10.1 Å². The van der Waals surface area contributed by atoms with Crippen molar-refractivity contribution >= 4 is 22.4 Å². The first kappa shape index (κ1) is 18.7. The minimum atomic E-state index is -0.305. The van der Waals surface area contributed by atoms with Crippen LogP contribution in [0.4, 0.5) is 5.13 Å². The van der Waals surface area contributed by atoms with Crippen LogP contribution < -0.4 is 19.5 Å². The number of ether oxygens (including phenoxy) is 3. The number of methoxy groups -OCH3 is 3. The third kappa shape index (κ3) is 3.88. The Bertz CT molecular complexity index is 951. The van der Waals surface area contributed by atoms with Gasteiger partial charge in [0, 0.05) is 10.4 Å². The first-order valence-electron chi connectivity index (χ1n) is 8.21. The molecule has 0 fully saturated rings. The van der Waals surface area contributed by atoms with Crippen molar-refractivity contribution in [3.8, 4) is 28.5 Å². The second-order valence-electron chi connectivity index (χ2n) is 5.65. The second-order valence-corrected chi connectivity index (χ2v) is 6.85. The number of carbonyl (C=O) groups is 1. The van der Waals surface area contributed by atoms with Crippen LogP contribution in [0.5, 0.6) is 17.2 Å². The van der Waals surface area contributed by atoms with Crippen molar-refractivity contribution < 1.29 is 19.0 Å². The van der Waals surface area contributed by atoms with Gasteiger partial charge in [-0.05, 0) is 43.3 Å². The number of nitrogens with zero attached hydrogens (tertiary/aromatic N) is 1. The van der Waals surface area contributed by atoms with Gasteiger partial charge in [0.25, 0.3) is 5.91 Å². The molecule has 0 bridgehead atoms. The maximum absolute atomic E-state index is 12.7. The summed E-state index contributed by atoms with van der Waals surface area (Å²) in [6.07, 6.45) is 0. The van der Waals surface area contributed by atoms with Gasteiger partial charge in [-0.25, -0.2) is 4.98 Å². The summed E-state index contributed by atoms with van der Waals surface area (Å²) in [5.41, 5.74) is 2.18. The minimum Gasteiger partial charge on any atom is -0.497 e. The lowest BCUT2D eigenvalue weighted by Gasteiger charge is -2.11. The average Bonchev–Trinajstić information content (AvgIpc) is 3.07. The average molecular weight is 384 g/mol. The molecule has 3 aromatic rings. The molecular weight excluding hydrogens is 364 g/mol. The van der Waals surface area contributed by atoms with Gasteiger partial charge in [-0.2, -0.15) is 0 Å². The molecule has 0 aliphatic heterocycles. The zero-order valence-electron chi connectivity index (χ0n) is 15.5. The molecule has 0 saturated carbocycles. The number of thiazole rings is 1. The predicted octanol–water partition coefficient (Wildman–Crippen LogP) is 4.40. The summed E-state index contributed by atoms with van der Waals surface area (Å²) >= 11 is 1.42.